The summed E-state index contributed by atoms with van der Waals surface area (Å²) in [4.78, 5) is 5.14. The van der Waals surface area contributed by atoms with Gasteiger partial charge in [0, 0.05) is 10.9 Å². The van der Waals surface area contributed by atoms with Crippen LogP contribution < -0.4 is 5.73 Å². The van der Waals surface area contributed by atoms with E-state index in [1.807, 2.05) is 32.0 Å². The molecule has 1 aromatic carbocycles. The van der Waals surface area contributed by atoms with Gasteiger partial charge in [-0.15, -0.1) is 5.10 Å². The Morgan fingerprint density at radius 2 is 2.24 bits per heavy atom. The summed E-state index contributed by atoms with van der Waals surface area (Å²) in [6.07, 6.45) is 0. The number of nitrogens with two attached hydrogens (primary N) is 1. The maximum absolute atomic E-state index is 6.19. The van der Waals surface area contributed by atoms with Crippen LogP contribution in [0, 0.1) is 6.92 Å². The second-order valence-corrected chi connectivity index (χ2v) is 5.20. The first kappa shape index (κ1) is 12.4. The minimum atomic E-state index is -0.0164. The molecule has 0 saturated heterocycles. The fraction of sp³-hybridized carbons (Fsp3) is 0.273. The number of halogens is 1. The molecule has 2 rings (SSSR count). The third kappa shape index (κ3) is 3.00. The molecule has 4 nitrogen and oxygen atoms in total. The normalized spacial score (nSPS) is 12.7. The Bertz CT molecular complexity index is 524. The molecule has 3 N–H and O–H groups in total. The summed E-state index contributed by atoms with van der Waals surface area (Å²) in [6, 6.07) is 5.78. The summed E-state index contributed by atoms with van der Waals surface area (Å²) in [7, 11) is 0. The van der Waals surface area contributed by atoms with E-state index < -0.39 is 0 Å². The van der Waals surface area contributed by atoms with Gasteiger partial charge >= 0.3 is 0 Å². The molecule has 0 aliphatic rings. The third-order valence-electron chi connectivity index (χ3n) is 2.26. The highest BCUT2D eigenvalue weighted by molar-refractivity contribution is 7.99. The van der Waals surface area contributed by atoms with E-state index in [-0.39, 0.29) is 6.04 Å². The zero-order valence-electron chi connectivity index (χ0n) is 9.57. The van der Waals surface area contributed by atoms with Crippen molar-refractivity contribution >= 4 is 23.4 Å². The lowest BCUT2D eigenvalue weighted by Gasteiger charge is -2.08. The molecule has 2 aromatic rings. The van der Waals surface area contributed by atoms with Gasteiger partial charge in [0.05, 0.1) is 5.02 Å². The number of aryl methyl sites for hydroxylation is 1. The lowest BCUT2D eigenvalue weighted by Crippen LogP contribution is -2.04. The van der Waals surface area contributed by atoms with Gasteiger partial charge in [-0.2, -0.15) is 0 Å². The summed E-state index contributed by atoms with van der Waals surface area (Å²) in [5, 5.41) is 8.18. The lowest BCUT2D eigenvalue weighted by atomic mass is 10.1. The molecule has 1 atom stereocenters. The van der Waals surface area contributed by atoms with Gasteiger partial charge in [-0.3, -0.25) is 5.10 Å². The highest BCUT2D eigenvalue weighted by atomic mass is 35.5. The Kier molecular flexibility index (Phi) is 3.71. The molecule has 1 unspecified atom stereocenters. The number of aromatic nitrogens is 3. The van der Waals surface area contributed by atoms with Crippen molar-refractivity contribution in [1.29, 1.82) is 0 Å². The summed E-state index contributed by atoms with van der Waals surface area (Å²) in [5.74, 6) is 0.788. The topological polar surface area (TPSA) is 67.6 Å². The molecular weight excluding hydrogens is 256 g/mol. The molecule has 0 amide bonds. The monoisotopic (exact) mass is 268 g/mol. The van der Waals surface area contributed by atoms with Gasteiger partial charge in [-0.25, -0.2) is 4.98 Å². The van der Waals surface area contributed by atoms with Crippen LogP contribution in [0.1, 0.15) is 24.4 Å². The highest BCUT2D eigenvalue weighted by Crippen LogP contribution is 2.32. The van der Waals surface area contributed by atoms with Gasteiger partial charge in [0.1, 0.15) is 5.82 Å². The molecule has 0 bridgehead atoms. The second kappa shape index (κ2) is 5.08. The van der Waals surface area contributed by atoms with Gasteiger partial charge in [-0.1, -0.05) is 17.7 Å². The minimum absolute atomic E-state index is 0.0164. The van der Waals surface area contributed by atoms with Crippen LogP contribution in [0.2, 0.25) is 5.02 Å². The van der Waals surface area contributed by atoms with Crippen LogP contribution in [-0.2, 0) is 0 Å². The van der Waals surface area contributed by atoms with E-state index in [2.05, 4.69) is 15.2 Å². The predicted molar refractivity (Wildman–Crippen MR) is 69.3 cm³/mol. The molecular formula is C11H13ClN4S. The predicted octanol–water partition coefficient (Wildman–Crippen LogP) is 2.94. The second-order valence-electron chi connectivity index (χ2n) is 3.78. The van der Waals surface area contributed by atoms with Crippen LogP contribution >= 0.6 is 23.4 Å². The van der Waals surface area contributed by atoms with Crippen molar-refractivity contribution in [1.82, 2.24) is 15.2 Å². The van der Waals surface area contributed by atoms with Crippen LogP contribution in [0.3, 0.4) is 0 Å². The van der Waals surface area contributed by atoms with E-state index in [4.69, 9.17) is 17.3 Å². The Labute approximate surface area is 109 Å². The number of nitrogens with zero attached hydrogens (tertiary/aromatic N) is 2. The largest absolute Gasteiger partial charge is 0.324 e. The van der Waals surface area contributed by atoms with Crippen molar-refractivity contribution in [2.45, 2.75) is 29.9 Å². The van der Waals surface area contributed by atoms with E-state index >= 15 is 0 Å². The zero-order chi connectivity index (χ0) is 12.4. The van der Waals surface area contributed by atoms with E-state index in [0.29, 0.717) is 10.2 Å². The number of rotatable bonds is 3. The number of benzene rings is 1. The first-order valence-corrected chi connectivity index (χ1v) is 6.37. The van der Waals surface area contributed by atoms with Crippen molar-refractivity contribution in [2.75, 3.05) is 0 Å². The Hall–Kier alpha value is -1.04. The maximum Gasteiger partial charge on any atom is 0.213 e. The Balaban J connectivity index is 2.22. The van der Waals surface area contributed by atoms with Gasteiger partial charge in [0.2, 0.25) is 5.16 Å². The van der Waals surface area contributed by atoms with Crippen molar-refractivity contribution in [3.05, 3.63) is 34.6 Å². The van der Waals surface area contributed by atoms with Crippen molar-refractivity contribution in [3.8, 4) is 0 Å². The lowest BCUT2D eigenvalue weighted by molar-refractivity contribution is 0.817. The maximum atomic E-state index is 6.19. The number of hydrogen-bond donors (Lipinski definition) is 2. The molecule has 1 heterocycles. The van der Waals surface area contributed by atoms with Gasteiger partial charge < -0.3 is 5.73 Å². The fourth-order valence-corrected chi connectivity index (χ4v) is 2.42. The highest BCUT2D eigenvalue weighted by Gasteiger charge is 2.08. The van der Waals surface area contributed by atoms with E-state index in [1.54, 1.807) is 0 Å². The smallest absolute Gasteiger partial charge is 0.213 e. The molecule has 17 heavy (non-hydrogen) atoms. The van der Waals surface area contributed by atoms with E-state index in [1.165, 1.54) is 11.8 Å². The summed E-state index contributed by atoms with van der Waals surface area (Å²) >= 11 is 7.62. The molecule has 0 saturated carbocycles. The van der Waals surface area contributed by atoms with Crippen LogP contribution in [0.5, 0.6) is 0 Å². The number of aromatic amines is 1. The van der Waals surface area contributed by atoms with Crippen LogP contribution in [0.15, 0.2) is 28.3 Å². The van der Waals surface area contributed by atoms with E-state index in [9.17, 15) is 0 Å². The van der Waals surface area contributed by atoms with Gasteiger partial charge in [-0.05, 0) is 43.3 Å². The standard InChI is InChI=1S/C11H13ClN4S/c1-6(13)8-3-4-10(9(12)5-8)17-11-14-7(2)15-16-11/h3-6H,13H2,1-2H3,(H,14,15,16). The Morgan fingerprint density at radius 1 is 1.47 bits per heavy atom. The van der Waals surface area contributed by atoms with Crippen molar-refractivity contribution in [2.24, 2.45) is 5.73 Å². The molecule has 0 radical (unpaired) electrons. The van der Waals surface area contributed by atoms with Crippen LogP contribution in [0.25, 0.3) is 0 Å². The summed E-state index contributed by atoms with van der Waals surface area (Å²) in [6.45, 7) is 3.79. The number of H-pyrrole nitrogens is 1. The van der Waals surface area contributed by atoms with Crippen molar-refractivity contribution < 1.29 is 0 Å². The molecule has 0 aliphatic carbocycles. The number of nitrogens with one attached hydrogen (secondary N) is 1. The third-order valence-corrected chi connectivity index (χ3v) is 3.63. The molecule has 0 aliphatic heterocycles. The summed E-state index contributed by atoms with van der Waals surface area (Å²) < 4.78 is 0. The quantitative estimate of drug-likeness (QED) is 0.898. The first-order valence-electron chi connectivity index (χ1n) is 5.18. The Morgan fingerprint density at radius 3 is 2.76 bits per heavy atom. The molecule has 1 aromatic heterocycles. The van der Waals surface area contributed by atoms with Crippen LogP contribution in [-0.4, -0.2) is 15.2 Å². The van der Waals surface area contributed by atoms with Crippen molar-refractivity contribution in [3.63, 3.8) is 0 Å². The van der Waals surface area contributed by atoms with E-state index in [0.717, 1.165) is 16.3 Å². The molecule has 0 spiro atoms. The average Bonchev–Trinajstić information content (AvgIpc) is 2.67. The summed E-state index contributed by atoms with van der Waals surface area (Å²) in [5.41, 5.74) is 6.81. The SMILES string of the molecule is Cc1nc(Sc2ccc(C(C)N)cc2Cl)n[nH]1. The minimum Gasteiger partial charge on any atom is -0.324 e. The average molecular weight is 269 g/mol. The van der Waals surface area contributed by atoms with Crippen LogP contribution in [0.4, 0.5) is 0 Å². The molecule has 0 fully saturated rings. The first-order chi connectivity index (χ1) is 8.06. The zero-order valence-corrected chi connectivity index (χ0v) is 11.1. The molecule has 6 heteroatoms. The fourth-order valence-electron chi connectivity index (χ4n) is 1.35. The van der Waals surface area contributed by atoms with Gasteiger partial charge in [0.15, 0.2) is 0 Å². The molecule has 90 valence electrons. The van der Waals surface area contributed by atoms with Gasteiger partial charge in [0.25, 0.3) is 0 Å². The number of hydrogen-bond acceptors (Lipinski definition) is 4.